The fourth-order valence-electron chi connectivity index (χ4n) is 2.42. The molecule has 21 heavy (non-hydrogen) atoms. The summed E-state index contributed by atoms with van der Waals surface area (Å²) in [5.74, 6) is -0.887. The maximum absolute atomic E-state index is 6.31. The molecule has 0 N–H and O–H groups in total. The molecule has 0 amide bonds. The maximum Gasteiger partial charge on any atom is 0.207 e. The Morgan fingerprint density at radius 2 is 1.90 bits per heavy atom. The highest BCUT2D eigenvalue weighted by atomic mass is 79.9. The first-order valence-corrected chi connectivity index (χ1v) is 8.40. The van der Waals surface area contributed by atoms with Gasteiger partial charge in [-0.3, -0.25) is 0 Å². The van der Waals surface area contributed by atoms with Gasteiger partial charge in [0.2, 0.25) is 5.79 Å². The monoisotopic (exact) mass is 386 g/mol. The highest BCUT2D eigenvalue weighted by Crippen LogP contribution is 2.44. The van der Waals surface area contributed by atoms with Gasteiger partial charge in [-0.15, -0.1) is 0 Å². The van der Waals surface area contributed by atoms with E-state index in [0.29, 0.717) is 22.0 Å². The summed E-state index contributed by atoms with van der Waals surface area (Å²) in [6.45, 7) is 0.481. The summed E-state index contributed by atoms with van der Waals surface area (Å²) in [5, 5.41) is 1.62. The molecule has 1 aliphatic rings. The van der Waals surface area contributed by atoms with Crippen LogP contribution < -0.4 is 0 Å². The standard InChI is InChI=1S/C16H13BrCl2O2/c17-10-16(13-7-6-12(18)8-14(13)19)20-9-15(21-16)11-4-2-1-3-5-11/h1-8,15H,9-10H2. The first-order valence-electron chi connectivity index (χ1n) is 6.53. The van der Waals surface area contributed by atoms with Gasteiger partial charge in [-0.1, -0.05) is 75.5 Å². The van der Waals surface area contributed by atoms with Crippen molar-refractivity contribution in [1.29, 1.82) is 0 Å². The van der Waals surface area contributed by atoms with Gasteiger partial charge in [0.1, 0.15) is 6.10 Å². The van der Waals surface area contributed by atoms with Crippen molar-refractivity contribution in [2.75, 3.05) is 11.9 Å². The van der Waals surface area contributed by atoms with E-state index in [1.54, 1.807) is 12.1 Å². The van der Waals surface area contributed by atoms with Gasteiger partial charge in [0.25, 0.3) is 0 Å². The molecule has 1 saturated heterocycles. The Balaban J connectivity index is 1.92. The maximum atomic E-state index is 6.31. The van der Waals surface area contributed by atoms with Crippen molar-refractivity contribution in [3.8, 4) is 0 Å². The van der Waals surface area contributed by atoms with Crippen molar-refractivity contribution in [3.05, 3.63) is 69.7 Å². The summed E-state index contributed by atoms with van der Waals surface area (Å²) in [6, 6.07) is 15.3. The number of ether oxygens (including phenoxy) is 2. The zero-order valence-corrected chi connectivity index (χ0v) is 14.2. The van der Waals surface area contributed by atoms with Gasteiger partial charge in [0.05, 0.1) is 17.0 Å². The van der Waals surface area contributed by atoms with E-state index in [-0.39, 0.29) is 6.10 Å². The predicted octanol–water partition coefficient (Wildman–Crippen LogP) is 5.33. The van der Waals surface area contributed by atoms with Gasteiger partial charge in [0.15, 0.2) is 0 Å². The van der Waals surface area contributed by atoms with Gasteiger partial charge in [-0.25, -0.2) is 0 Å². The summed E-state index contributed by atoms with van der Waals surface area (Å²) in [5.41, 5.74) is 1.87. The van der Waals surface area contributed by atoms with Crippen molar-refractivity contribution < 1.29 is 9.47 Å². The topological polar surface area (TPSA) is 18.5 Å². The minimum absolute atomic E-state index is 0.115. The van der Waals surface area contributed by atoms with Crippen LogP contribution in [0.4, 0.5) is 0 Å². The molecule has 5 heteroatoms. The lowest BCUT2D eigenvalue weighted by Gasteiger charge is -2.27. The second kappa shape index (κ2) is 6.27. The molecule has 1 fully saturated rings. The summed E-state index contributed by atoms with van der Waals surface area (Å²) >= 11 is 15.7. The fraction of sp³-hybridized carbons (Fsp3) is 0.250. The summed E-state index contributed by atoms with van der Waals surface area (Å²) in [7, 11) is 0. The third-order valence-electron chi connectivity index (χ3n) is 3.49. The molecular formula is C16H13BrCl2O2. The SMILES string of the molecule is Clc1ccc(C2(CBr)OCC(c3ccccc3)O2)c(Cl)c1. The third kappa shape index (κ3) is 2.99. The van der Waals surface area contributed by atoms with E-state index in [1.807, 2.05) is 36.4 Å². The summed E-state index contributed by atoms with van der Waals surface area (Å²) in [4.78, 5) is 0. The molecule has 110 valence electrons. The molecule has 0 aliphatic carbocycles. The first-order chi connectivity index (χ1) is 10.1. The predicted molar refractivity (Wildman–Crippen MR) is 88.2 cm³/mol. The number of hydrogen-bond donors (Lipinski definition) is 0. The van der Waals surface area contributed by atoms with Crippen LogP contribution in [-0.4, -0.2) is 11.9 Å². The lowest BCUT2D eigenvalue weighted by Crippen LogP contribution is -2.29. The molecule has 2 aromatic carbocycles. The van der Waals surface area contributed by atoms with Crippen LogP contribution in [0.25, 0.3) is 0 Å². The van der Waals surface area contributed by atoms with Crippen molar-refractivity contribution in [2.45, 2.75) is 11.9 Å². The molecule has 0 aromatic heterocycles. The normalized spacial score (nSPS) is 25.2. The molecule has 0 spiro atoms. The molecule has 0 radical (unpaired) electrons. The molecule has 2 aromatic rings. The minimum atomic E-state index is -0.887. The van der Waals surface area contributed by atoms with Crippen LogP contribution in [0.2, 0.25) is 10.0 Å². The molecule has 1 heterocycles. The highest BCUT2D eigenvalue weighted by molar-refractivity contribution is 9.09. The van der Waals surface area contributed by atoms with E-state index in [4.69, 9.17) is 32.7 Å². The van der Waals surface area contributed by atoms with Crippen molar-refractivity contribution in [3.63, 3.8) is 0 Å². The molecule has 3 rings (SSSR count). The Labute approximate surface area is 142 Å². The van der Waals surface area contributed by atoms with E-state index < -0.39 is 5.79 Å². The Bertz CT molecular complexity index is 635. The second-order valence-corrected chi connectivity index (χ2v) is 6.24. The molecule has 0 saturated carbocycles. The molecule has 2 unspecified atom stereocenters. The van der Waals surface area contributed by atoms with Crippen LogP contribution in [-0.2, 0) is 15.3 Å². The van der Waals surface area contributed by atoms with Crippen molar-refractivity contribution in [2.24, 2.45) is 0 Å². The Morgan fingerprint density at radius 3 is 2.57 bits per heavy atom. The number of rotatable bonds is 3. The number of alkyl halides is 1. The number of halogens is 3. The van der Waals surface area contributed by atoms with Crippen LogP contribution >= 0.6 is 39.1 Å². The Hall–Kier alpha value is -0.580. The van der Waals surface area contributed by atoms with E-state index in [2.05, 4.69) is 15.9 Å². The van der Waals surface area contributed by atoms with Gasteiger partial charge < -0.3 is 9.47 Å². The average molecular weight is 388 g/mol. The Kier molecular flexibility index (Phi) is 4.57. The van der Waals surface area contributed by atoms with Crippen molar-refractivity contribution in [1.82, 2.24) is 0 Å². The van der Waals surface area contributed by atoms with Crippen LogP contribution in [0.3, 0.4) is 0 Å². The molecular weight excluding hydrogens is 375 g/mol. The van der Waals surface area contributed by atoms with Gasteiger partial charge in [0, 0.05) is 10.6 Å². The second-order valence-electron chi connectivity index (χ2n) is 4.84. The fourth-order valence-corrected chi connectivity index (χ4v) is 3.57. The smallest absolute Gasteiger partial charge is 0.207 e. The van der Waals surface area contributed by atoms with E-state index in [9.17, 15) is 0 Å². The number of benzene rings is 2. The van der Waals surface area contributed by atoms with Gasteiger partial charge in [-0.05, 0) is 17.7 Å². The van der Waals surface area contributed by atoms with Gasteiger partial charge >= 0.3 is 0 Å². The van der Waals surface area contributed by atoms with Crippen molar-refractivity contribution >= 4 is 39.1 Å². The molecule has 2 atom stereocenters. The van der Waals surface area contributed by atoms with E-state index in [0.717, 1.165) is 11.1 Å². The zero-order chi connectivity index (χ0) is 14.9. The van der Waals surface area contributed by atoms with Crippen LogP contribution in [0.5, 0.6) is 0 Å². The quantitative estimate of drug-likeness (QED) is 0.662. The van der Waals surface area contributed by atoms with E-state index in [1.165, 1.54) is 0 Å². The van der Waals surface area contributed by atoms with Crippen LogP contribution in [0.1, 0.15) is 17.2 Å². The van der Waals surface area contributed by atoms with Gasteiger partial charge in [-0.2, -0.15) is 0 Å². The molecule has 1 aliphatic heterocycles. The lowest BCUT2D eigenvalue weighted by molar-refractivity contribution is -0.157. The highest BCUT2D eigenvalue weighted by Gasteiger charge is 2.44. The summed E-state index contributed by atoms with van der Waals surface area (Å²) in [6.07, 6.45) is -0.115. The number of hydrogen-bond acceptors (Lipinski definition) is 2. The molecule has 2 nitrogen and oxygen atoms in total. The largest absolute Gasteiger partial charge is 0.342 e. The Morgan fingerprint density at radius 1 is 1.14 bits per heavy atom. The minimum Gasteiger partial charge on any atom is -0.342 e. The molecule has 0 bridgehead atoms. The first kappa shape index (κ1) is 15.3. The van der Waals surface area contributed by atoms with E-state index >= 15 is 0 Å². The lowest BCUT2D eigenvalue weighted by atomic mass is 10.1. The summed E-state index contributed by atoms with van der Waals surface area (Å²) < 4.78 is 12.2. The average Bonchev–Trinajstić information content (AvgIpc) is 2.94. The van der Waals surface area contributed by atoms with Crippen LogP contribution in [0.15, 0.2) is 48.5 Å². The zero-order valence-electron chi connectivity index (χ0n) is 11.1. The third-order valence-corrected chi connectivity index (χ3v) is 4.78. The van der Waals surface area contributed by atoms with Crippen LogP contribution in [0, 0.1) is 0 Å².